The first-order valence-corrected chi connectivity index (χ1v) is 11.0. The van der Waals surface area contributed by atoms with Crippen molar-refractivity contribution in [2.24, 2.45) is 0 Å². The fraction of sp³-hybridized carbons (Fsp3) is 0.0769. The molecule has 0 saturated carbocycles. The molecular formula is C26H20N2O4S. The van der Waals surface area contributed by atoms with Crippen molar-refractivity contribution in [1.82, 2.24) is 0 Å². The minimum Gasteiger partial charge on any atom is -0.258 e. The van der Waals surface area contributed by atoms with E-state index in [1.165, 1.54) is 12.1 Å². The van der Waals surface area contributed by atoms with E-state index in [-0.39, 0.29) is 11.4 Å². The summed E-state index contributed by atoms with van der Waals surface area (Å²) in [5.74, 6) is 0. The fourth-order valence-corrected chi connectivity index (χ4v) is 5.15. The predicted molar refractivity (Wildman–Crippen MR) is 131 cm³/mol. The highest BCUT2D eigenvalue weighted by molar-refractivity contribution is 7.99. The lowest BCUT2D eigenvalue weighted by molar-refractivity contribution is -0.385. The molecule has 7 heteroatoms. The molecule has 0 heterocycles. The summed E-state index contributed by atoms with van der Waals surface area (Å²) in [6, 6.07) is 25.1. The number of non-ortho nitro benzene ring substituents is 2. The largest absolute Gasteiger partial charge is 0.270 e. The fourth-order valence-electron chi connectivity index (χ4n) is 3.86. The molecule has 4 rings (SSSR count). The number of aryl methyl sites for hydroxylation is 2. The number of hydrogen-bond donors (Lipinski definition) is 0. The van der Waals surface area contributed by atoms with Crippen LogP contribution in [0.25, 0.3) is 22.3 Å². The van der Waals surface area contributed by atoms with Gasteiger partial charge in [0.1, 0.15) is 0 Å². The highest BCUT2D eigenvalue weighted by atomic mass is 32.2. The van der Waals surface area contributed by atoms with E-state index in [1.807, 2.05) is 62.4 Å². The lowest BCUT2D eigenvalue weighted by Crippen LogP contribution is -1.93. The summed E-state index contributed by atoms with van der Waals surface area (Å²) >= 11 is 1.55. The van der Waals surface area contributed by atoms with Crippen LogP contribution in [0.5, 0.6) is 0 Å². The third-order valence-electron chi connectivity index (χ3n) is 5.38. The molecular weight excluding hydrogens is 436 g/mol. The second-order valence-electron chi connectivity index (χ2n) is 7.61. The van der Waals surface area contributed by atoms with Crippen molar-refractivity contribution < 1.29 is 9.85 Å². The molecule has 6 nitrogen and oxygen atoms in total. The highest BCUT2D eigenvalue weighted by Gasteiger charge is 2.17. The lowest BCUT2D eigenvalue weighted by Gasteiger charge is -2.16. The van der Waals surface area contributed by atoms with Gasteiger partial charge in [-0.3, -0.25) is 20.2 Å². The molecule has 4 aromatic carbocycles. The van der Waals surface area contributed by atoms with Crippen LogP contribution in [0.2, 0.25) is 0 Å². The maximum atomic E-state index is 11.3. The van der Waals surface area contributed by atoms with Crippen LogP contribution < -0.4 is 0 Å². The van der Waals surface area contributed by atoms with Gasteiger partial charge >= 0.3 is 0 Å². The molecule has 0 amide bonds. The Bertz CT molecular complexity index is 1280. The Morgan fingerprint density at radius 1 is 0.606 bits per heavy atom. The van der Waals surface area contributed by atoms with Crippen molar-refractivity contribution in [3.8, 4) is 22.3 Å². The van der Waals surface area contributed by atoms with Gasteiger partial charge < -0.3 is 0 Å². The first-order valence-electron chi connectivity index (χ1n) is 10.2. The van der Waals surface area contributed by atoms with E-state index in [2.05, 4.69) is 0 Å². The van der Waals surface area contributed by atoms with Crippen molar-refractivity contribution >= 4 is 23.1 Å². The van der Waals surface area contributed by atoms with E-state index < -0.39 is 9.85 Å². The van der Waals surface area contributed by atoms with E-state index in [0.717, 1.165) is 43.2 Å². The molecule has 0 N–H and O–H groups in total. The molecule has 0 atom stereocenters. The van der Waals surface area contributed by atoms with Crippen LogP contribution in [0, 0.1) is 34.1 Å². The summed E-state index contributed by atoms with van der Waals surface area (Å²) in [5, 5.41) is 22.6. The first-order chi connectivity index (χ1) is 15.8. The molecule has 0 radical (unpaired) electrons. The van der Waals surface area contributed by atoms with Crippen molar-refractivity contribution in [1.29, 1.82) is 0 Å². The Morgan fingerprint density at radius 2 is 1.00 bits per heavy atom. The quantitative estimate of drug-likeness (QED) is 0.220. The minimum absolute atomic E-state index is 0.0412. The first kappa shape index (κ1) is 22.2. The summed E-state index contributed by atoms with van der Waals surface area (Å²) in [6.07, 6.45) is 0. The SMILES string of the molecule is Cc1cccc(Sc2cccc(C)c2-c2cccc([N+](=O)[O-])c2)c1-c1cccc([N+](=O)[O-])c1. The molecule has 0 aliphatic heterocycles. The summed E-state index contributed by atoms with van der Waals surface area (Å²) in [7, 11) is 0. The van der Waals surface area contributed by atoms with Gasteiger partial charge in [0, 0.05) is 34.1 Å². The predicted octanol–water partition coefficient (Wildman–Crippen LogP) is 7.61. The Kier molecular flexibility index (Phi) is 6.24. The van der Waals surface area contributed by atoms with Gasteiger partial charge in [0.15, 0.2) is 0 Å². The molecule has 0 spiro atoms. The van der Waals surface area contributed by atoms with Gasteiger partial charge in [-0.1, -0.05) is 60.3 Å². The maximum absolute atomic E-state index is 11.3. The summed E-state index contributed by atoms with van der Waals surface area (Å²) in [5.41, 5.74) is 5.49. The maximum Gasteiger partial charge on any atom is 0.270 e. The Morgan fingerprint density at radius 3 is 1.39 bits per heavy atom. The van der Waals surface area contributed by atoms with Gasteiger partial charge in [0.05, 0.1) is 9.85 Å². The van der Waals surface area contributed by atoms with E-state index in [9.17, 15) is 20.2 Å². The molecule has 0 unspecified atom stereocenters. The molecule has 0 saturated heterocycles. The van der Waals surface area contributed by atoms with Crippen LogP contribution in [-0.4, -0.2) is 9.85 Å². The summed E-state index contributed by atoms with van der Waals surface area (Å²) < 4.78 is 0. The normalized spacial score (nSPS) is 10.7. The van der Waals surface area contributed by atoms with Crippen LogP contribution in [0.15, 0.2) is 94.7 Å². The van der Waals surface area contributed by atoms with Gasteiger partial charge in [0.25, 0.3) is 11.4 Å². The molecule has 0 aliphatic rings. The lowest BCUT2D eigenvalue weighted by atomic mass is 10.00. The van der Waals surface area contributed by atoms with Gasteiger partial charge in [-0.25, -0.2) is 0 Å². The number of nitro groups is 2. The average Bonchev–Trinajstić information content (AvgIpc) is 2.79. The monoisotopic (exact) mass is 456 g/mol. The zero-order valence-electron chi connectivity index (χ0n) is 18.0. The van der Waals surface area contributed by atoms with Crippen molar-refractivity contribution in [3.63, 3.8) is 0 Å². The van der Waals surface area contributed by atoms with Crippen LogP contribution in [-0.2, 0) is 0 Å². The van der Waals surface area contributed by atoms with E-state index >= 15 is 0 Å². The zero-order chi connectivity index (χ0) is 23.5. The van der Waals surface area contributed by atoms with Crippen molar-refractivity contribution in [3.05, 3.63) is 116 Å². The molecule has 33 heavy (non-hydrogen) atoms. The van der Waals surface area contributed by atoms with E-state index in [0.29, 0.717) is 0 Å². The standard InChI is InChI=1S/C26H20N2O4S/c1-17-7-3-13-23(25(17)19-9-5-11-21(15-19)27(29)30)33-24-14-4-8-18(2)26(24)20-10-6-12-22(16-20)28(31)32/h3-16H,1-2H3. The van der Waals surface area contributed by atoms with Gasteiger partial charge in [-0.15, -0.1) is 0 Å². The Balaban J connectivity index is 1.84. The second-order valence-corrected chi connectivity index (χ2v) is 8.70. The Labute approximate surface area is 195 Å². The number of hydrogen-bond acceptors (Lipinski definition) is 5. The average molecular weight is 457 g/mol. The third-order valence-corrected chi connectivity index (χ3v) is 6.50. The number of benzene rings is 4. The number of nitro benzene ring substituents is 2. The molecule has 0 bridgehead atoms. The van der Waals surface area contributed by atoms with Crippen LogP contribution in [0.3, 0.4) is 0 Å². The highest BCUT2D eigenvalue weighted by Crippen LogP contribution is 2.43. The smallest absolute Gasteiger partial charge is 0.258 e. The third kappa shape index (κ3) is 4.63. The van der Waals surface area contributed by atoms with Gasteiger partial charge in [-0.05, 0) is 59.4 Å². The minimum atomic E-state index is -0.393. The van der Waals surface area contributed by atoms with E-state index in [4.69, 9.17) is 0 Å². The van der Waals surface area contributed by atoms with Crippen molar-refractivity contribution in [2.45, 2.75) is 23.6 Å². The van der Waals surface area contributed by atoms with Gasteiger partial charge in [0.2, 0.25) is 0 Å². The molecule has 0 aliphatic carbocycles. The molecule has 164 valence electrons. The molecule has 0 fully saturated rings. The topological polar surface area (TPSA) is 86.3 Å². The van der Waals surface area contributed by atoms with E-state index in [1.54, 1.807) is 36.0 Å². The number of rotatable bonds is 6. The second kappa shape index (κ2) is 9.26. The Hall–Kier alpha value is -3.97. The van der Waals surface area contributed by atoms with Crippen LogP contribution in [0.1, 0.15) is 11.1 Å². The summed E-state index contributed by atoms with van der Waals surface area (Å²) in [6.45, 7) is 3.96. The zero-order valence-corrected chi connectivity index (χ0v) is 18.8. The summed E-state index contributed by atoms with van der Waals surface area (Å²) in [4.78, 5) is 23.7. The molecule has 4 aromatic rings. The number of nitrogens with zero attached hydrogens (tertiary/aromatic N) is 2. The van der Waals surface area contributed by atoms with Crippen LogP contribution in [0.4, 0.5) is 11.4 Å². The molecule has 0 aromatic heterocycles. The van der Waals surface area contributed by atoms with Gasteiger partial charge in [-0.2, -0.15) is 0 Å². The van der Waals surface area contributed by atoms with Crippen LogP contribution >= 0.6 is 11.8 Å². The van der Waals surface area contributed by atoms with Crippen molar-refractivity contribution in [2.75, 3.05) is 0 Å².